The normalized spacial score (nSPS) is 10.5. The van der Waals surface area contributed by atoms with E-state index >= 15 is 0 Å². The van der Waals surface area contributed by atoms with Gasteiger partial charge in [0.2, 0.25) is 5.88 Å². The van der Waals surface area contributed by atoms with Crippen LogP contribution in [-0.2, 0) is 6.54 Å². The molecule has 1 N–H and O–H groups in total. The molecule has 0 aliphatic rings. The summed E-state index contributed by atoms with van der Waals surface area (Å²) >= 11 is 0. The van der Waals surface area contributed by atoms with Gasteiger partial charge in [0.25, 0.3) is 0 Å². The molecule has 0 atom stereocenters. The van der Waals surface area contributed by atoms with E-state index in [9.17, 15) is 5.26 Å². The lowest BCUT2D eigenvalue weighted by Gasteiger charge is -2.11. The van der Waals surface area contributed by atoms with Crippen molar-refractivity contribution in [2.45, 2.75) is 6.54 Å². The molecular formula is C21H17N5O. The zero-order chi connectivity index (χ0) is 18.6. The minimum absolute atomic E-state index is 0.536. The Bertz CT molecular complexity index is 1130. The maximum Gasteiger partial charge on any atom is 0.218 e. The second-order valence-corrected chi connectivity index (χ2v) is 5.99. The Morgan fingerprint density at radius 3 is 2.70 bits per heavy atom. The monoisotopic (exact) mass is 355 g/mol. The Morgan fingerprint density at radius 2 is 1.93 bits per heavy atom. The molecule has 0 aliphatic heterocycles. The largest absolute Gasteiger partial charge is 0.481 e. The van der Waals surface area contributed by atoms with Gasteiger partial charge >= 0.3 is 0 Å². The predicted molar refractivity (Wildman–Crippen MR) is 103 cm³/mol. The maximum atomic E-state index is 9.27. The number of benzene rings is 2. The molecule has 4 aromatic rings. The van der Waals surface area contributed by atoms with Gasteiger partial charge in [0.1, 0.15) is 5.82 Å². The average Bonchev–Trinajstić information content (AvgIpc) is 3.21. The van der Waals surface area contributed by atoms with Gasteiger partial charge in [-0.15, -0.1) is 0 Å². The molecule has 4 rings (SSSR count). The van der Waals surface area contributed by atoms with Gasteiger partial charge in [-0.2, -0.15) is 19.9 Å². The van der Waals surface area contributed by atoms with Crippen LogP contribution < -0.4 is 10.1 Å². The van der Waals surface area contributed by atoms with Crippen molar-refractivity contribution in [1.82, 2.24) is 14.6 Å². The third kappa shape index (κ3) is 3.31. The highest BCUT2D eigenvalue weighted by Crippen LogP contribution is 2.24. The van der Waals surface area contributed by atoms with Crippen LogP contribution in [0.2, 0.25) is 0 Å². The van der Waals surface area contributed by atoms with Crippen LogP contribution in [0.1, 0.15) is 11.1 Å². The van der Waals surface area contributed by atoms with Crippen LogP contribution in [0.4, 0.5) is 5.82 Å². The minimum atomic E-state index is 0.536. The molecule has 0 fully saturated rings. The average molecular weight is 355 g/mol. The molecule has 2 aromatic carbocycles. The first-order valence-electron chi connectivity index (χ1n) is 8.49. The van der Waals surface area contributed by atoms with E-state index in [4.69, 9.17) is 4.74 Å². The molecule has 0 saturated heterocycles. The van der Waals surface area contributed by atoms with E-state index < -0.39 is 0 Å². The molecule has 0 spiro atoms. The summed E-state index contributed by atoms with van der Waals surface area (Å²) in [6.07, 6.45) is 1.70. The Hall–Kier alpha value is -3.85. The SMILES string of the molecule is COc1cc(NCc2ccc(-c3ccccc3C#N)cc2)n2nccc2n1. The van der Waals surface area contributed by atoms with Crippen molar-refractivity contribution in [3.8, 4) is 23.1 Å². The number of rotatable bonds is 5. The minimum Gasteiger partial charge on any atom is -0.481 e. The lowest BCUT2D eigenvalue weighted by Crippen LogP contribution is -2.06. The lowest BCUT2D eigenvalue weighted by molar-refractivity contribution is 0.398. The first-order chi connectivity index (χ1) is 13.3. The summed E-state index contributed by atoms with van der Waals surface area (Å²) < 4.78 is 6.99. The molecule has 0 bridgehead atoms. The van der Waals surface area contributed by atoms with Crippen molar-refractivity contribution in [1.29, 1.82) is 5.26 Å². The van der Waals surface area contributed by atoms with Gasteiger partial charge in [-0.1, -0.05) is 42.5 Å². The fourth-order valence-corrected chi connectivity index (χ4v) is 2.95. The number of fused-ring (bicyclic) bond motifs is 1. The van der Waals surface area contributed by atoms with Crippen LogP contribution >= 0.6 is 0 Å². The number of hydrogen-bond acceptors (Lipinski definition) is 5. The topological polar surface area (TPSA) is 75.2 Å². The molecule has 2 aromatic heterocycles. The highest BCUT2D eigenvalue weighted by atomic mass is 16.5. The van der Waals surface area contributed by atoms with Crippen LogP contribution in [0.3, 0.4) is 0 Å². The Balaban J connectivity index is 1.55. The van der Waals surface area contributed by atoms with Crippen LogP contribution in [0, 0.1) is 11.3 Å². The maximum absolute atomic E-state index is 9.27. The summed E-state index contributed by atoms with van der Waals surface area (Å²) in [5, 5.41) is 16.9. The summed E-state index contributed by atoms with van der Waals surface area (Å²) in [5.41, 5.74) is 4.48. The van der Waals surface area contributed by atoms with Crippen LogP contribution in [0.25, 0.3) is 16.8 Å². The van der Waals surface area contributed by atoms with E-state index in [-0.39, 0.29) is 0 Å². The Morgan fingerprint density at radius 1 is 1.11 bits per heavy atom. The highest BCUT2D eigenvalue weighted by Gasteiger charge is 2.07. The Kier molecular flexibility index (Phi) is 4.42. The number of anilines is 1. The molecule has 0 aliphatic carbocycles. The zero-order valence-electron chi connectivity index (χ0n) is 14.8. The van der Waals surface area contributed by atoms with Crippen LogP contribution in [0.5, 0.6) is 5.88 Å². The summed E-state index contributed by atoms with van der Waals surface area (Å²) in [7, 11) is 1.59. The molecule has 6 nitrogen and oxygen atoms in total. The van der Waals surface area contributed by atoms with Gasteiger partial charge in [0.05, 0.1) is 24.9 Å². The van der Waals surface area contributed by atoms with Crippen LogP contribution in [-0.4, -0.2) is 21.7 Å². The summed E-state index contributed by atoms with van der Waals surface area (Å²) in [6, 6.07) is 21.7. The number of nitrogens with one attached hydrogen (secondary N) is 1. The molecular weight excluding hydrogens is 338 g/mol. The second-order valence-electron chi connectivity index (χ2n) is 5.99. The zero-order valence-corrected chi connectivity index (χ0v) is 14.8. The molecule has 2 heterocycles. The second kappa shape index (κ2) is 7.18. The van der Waals surface area contributed by atoms with Crippen molar-refractivity contribution < 1.29 is 4.74 Å². The number of ether oxygens (including phenoxy) is 1. The van der Waals surface area contributed by atoms with Gasteiger partial charge < -0.3 is 10.1 Å². The van der Waals surface area contributed by atoms with Gasteiger partial charge in [-0.3, -0.25) is 0 Å². The number of methoxy groups -OCH3 is 1. The molecule has 27 heavy (non-hydrogen) atoms. The number of nitriles is 1. The van der Waals surface area contributed by atoms with Crippen molar-refractivity contribution in [2.75, 3.05) is 12.4 Å². The Labute approximate surface area is 156 Å². The van der Waals surface area contributed by atoms with Crippen molar-refractivity contribution in [2.24, 2.45) is 0 Å². The van der Waals surface area contributed by atoms with Gasteiger partial charge in [-0.05, 0) is 22.8 Å². The molecule has 0 saturated carbocycles. The number of nitrogens with zero attached hydrogens (tertiary/aromatic N) is 4. The van der Waals surface area contributed by atoms with Crippen molar-refractivity contribution >= 4 is 11.5 Å². The quantitative estimate of drug-likeness (QED) is 0.588. The van der Waals surface area contributed by atoms with E-state index in [0.717, 1.165) is 28.2 Å². The molecule has 0 unspecified atom stereocenters. The summed E-state index contributed by atoms with van der Waals surface area (Å²) in [6.45, 7) is 0.627. The van der Waals surface area contributed by atoms with Gasteiger partial charge in [-0.25, -0.2) is 0 Å². The van der Waals surface area contributed by atoms with E-state index in [2.05, 4.69) is 33.6 Å². The van der Waals surface area contributed by atoms with E-state index in [1.54, 1.807) is 17.8 Å². The first-order valence-corrected chi connectivity index (χ1v) is 8.49. The standard InChI is InChI=1S/C21H17N5O/c1-27-21-12-20(26-19(25-21)10-11-24-26)23-14-15-6-8-16(9-7-15)18-5-3-2-4-17(18)13-22/h2-12,23H,14H2,1H3. The predicted octanol–water partition coefficient (Wildman–Crippen LogP) is 3.89. The smallest absolute Gasteiger partial charge is 0.218 e. The summed E-state index contributed by atoms with van der Waals surface area (Å²) in [4.78, 5) is 4.34. The third-order valence-electron chi connectivity index (χ3n) is 4.33. The fourth-order valence-electron chi connectivity index (χ4n) is 2.95. The number of aromatic nitrogens is 3. The highest BCUT2D eigenvalue weighted by molar-refractivity contribution is 5.70. The van der Waals surface area contributed by atoms with Gasteiger partial charge in [0, 0.05) is 18.7 Å². The number of hydrogen-bond donors (Lipinski definition) is 1. The first kappa shape index (κ1) is 16.6. The van der Waals surface area contributed by atoms with E-state index in [0.29, 0.717) is 18.0 Å². The third-order valence-corrected chi connectivity index (χ3v) is 4.33. The van der Waals surface area contributed by atoms with Crippen LogP contribution in [0.15, 0.2) is 66.9 Å². The lowest BCUT2D eigenvalue weighted by atomic mass is 9.99. The van der Waals surface area contributed by atoms with E-state index in [1.807, 2.05) is 48.5 Å². The molecule has 0 amide bonds. The fraction of sp³-hybridized carbons (Fsp3) is 0.0952. The molecule has 132 valence electrons. The van der Waals surface area contributed by atoms with Gasteiger partial charge in [0.15, 0.2) is 5.65 Å². The van der Waals surface area contributed by atoms with Crippen molar-refractivity contribution in [3.63, 3.8) is 0 Å². The van der Waals surface area contributed by atoms with E-state index in [1.165, 1.54) is 0 Å². The molecule has 6 heteroatoms. The summed E-state index contributed by atoms with van der Waals surface area (Å²) in [5.74, 6) is 1.34. The van der Waals surface area contributed by atoms with Crippen molar-refractivity contribution in [3.05, 3.63) is 78.0 Å². The molecule has 0 radical (unpaired) electrons.